The highest BCUT2D eigenvalue weighted by Gasteiger charge is 2.29. The highest BCUT2D eigenvalue weighted by molar-refractivity contribution is 5.80. The minimum atomic E-state index is 0.800. The maximum Gasteiger partial charge on any atom is 0.119 e. The molecular weight excluding hydrogens is 354 g/mol. The van der Waals surface area contributed by atoms with Crippen LogP contribution in [0, 0.1) is 11.8 Å². The van der Waals surface area contributed by atoms with Crippen LogP contribution in [0.25, 0.3) is 5.57 Å². The Bertz CT molecular complexity index is 780. The van der Waals surface area contributed by atoms with Crippen molar-refractivity contribution in [2.75, 3.05) is 26.2 Å². The van der Waals surface area contributed by atoms with Crippen LogP contribution in [0.3, 0.4) is 0 Å². The normalized spacial score (nSPS) is 22.4. The number of ether oxygens (including phenoxy) is 1. The summed E-state index contributed by atoms with van der Waals surface area (Å²) in [5, 5.41) is 0. The SMILES string of the molecule is CCCCOc1ccc(/C(=C\CN2CCC3CCC(C3)C2)c2ccccc2)cc1. The summed E-state index contributed by atoms with van der Waals surface area (Å²) in [5.74, 6) is 2.89. The second kappa shape index (κ2) is 10.1. The van der Waals surface area contributed by atoms with Crippen LogP contribution in [0.4, 0.5) is 0 Å². The van der Waals surface area contributed by atoms with E-state index in [4.69, 9.17) is 4.74 Å². The van der Waals surface area contributed by atoms with Crippen LogP contribution in [0.2, 0.25) is 0 Å². The minimum absolute atomic E-state index is 0.800. The summed E-state index contributed by atoms with van der Waals surface area (Å²) in [6.45, 7) is 6.57. The smallest absolute Gasteiger partial charge is 0.119 e. The van der Waals surface area contributed by atoms with Gasteiger partial charge in [-0.05, 0) is 72.9 Å². The maximum absolute atomic E-state index is 5.86. The average molecular weight is 390 g/mol. The van der Waals surface area contributed by atoms with Crippen molar-refractivity contribution in [1.82, 2.24) is 4.90 Å². The summed E-state index contributed by atoms with van der Waals surface area (Å²) >= 11 is 0. The van der Waals surface area contributed by atoms with E-state index in [0.29, 0.717) is 0 Å². The predicted molar refractivity (Wildman–Crippen MR) is 122 cm³/mol. The number of likely N-dealkylation sites (tertiary alicyclic amines) is 1. The van der Waals surface area contributed by atoms with Gasteiger partial charge >= 0.3 is 0 Å². The van der Waals surface area contributed by atoms with E-state index in [1.807, 2.05) is 0 Å². The molecule has 2 aromatic carbocycles. The molecule has 2 fully saturated rings. The molecule has 0 aromatic heterocycles. The molecular formula is C27H35NO. The van der Waals surface area contributed by atoms with Crippen molar-refractivity contribution >= 4 is 5.57 Å². The molecule has 2 atom stereocenters. The first-order chi connectivity index (χ1) is 14.3. The van der Waals surface area contributed by atoms with Gasteiger partial charge in [0.2, 0.25) is 0 Å². The molecule has 2 aliphatic rings. The third kappa shape index (κ3) is 5.51. The maximum atomic E-state index is 5.86. The quantitative estimate of drug-likeness (QED) is 0.483. The van der Waals surface area contributed by atoms with Crippen LogP contribution in [0.1, 0.15) is 56.6 Å². The van der Waals surface area contributed by atoms with Gasteiger partial charge in [0.25, 0.3) is 0 Å². The molecule has 0 amide bonds. The Balaban J connectivity index is 1.50. The fourth-order valence-corrected chi connectivity index (χ4v) is 4.90. The first kappa shape index (κ1) is 20.2. The van der Waals surface area contributed by atoms with E-state index >= 15 is 0 Å². The van der Waals surface area contributed by atoms with Gasteiger partial charge < -0.3 is 4.74 Å². The van der Waals surface area contributed by atoms with Crippen LogP contribution in [0.15, 0.2) is 60.7 Å². The van der Waals surface area contributed by atoms with Crippen molar-refractivity contribution in [3.8, 4) is 5.75 Å². The molecule has 2 nitrogen and oxygen atoms in total. The fraction of sp³-hybridized carbons (Fsp3) is 0.481. The molecule has 2 unspecified atom stereocenters. The van der Waals surface area contributed by atoms with Crippen molar-refractivity contribution in [3.05, 3.63) is 71.8 Å². The lowest BCUT2D eigenvalue weighted by Gasteiger charge is -2.23. The second-order valence-corrected chi connectivity index (χ2v) is 8.80. The molecule has 2 aromatic rings. The highest BCUT2D eigenvalue weighted by Crippen LogP contribution is 2.36. The molecule has 1 aliphatic carbocycles. The first-order valence-corrected chi connectivity index (χ1v) is 11.5. The number of benzene rings is 2. The van der Waals surface area contributed by atoms with Gasteiger partial charge in [0, 0.05) is 13.1 Å². The third-order valence-corrected chi connectivity index (χ3v) is 6.59. The fourth-order valence-electron chi connectivity index (χ4n) is 4.90. The molecule has 4 rings (SSSR count). The Morgan fingerprint density at radius 1 is 0.966 bits per heavy atom. The molecule has 0 N–H and O–H groups in total. The lowest BCUT2D eigenvalue weighted by atomic mass is 9.97. The molecule has 0 spiro atoms. The van der Waals surface area contributed by atoms with Gasteiger partial charge in [0.1, 0.15) is 5.75 Å². The van der Waals surface area contributed by atoms with Gasteiger partial charge in [0.15, 0.2) is 0 Å². The zero-order valence-corrected chi connectivity index (χ0v) is 17.9. The van der Waals surface area contributed by atoms with E-state index in [1.165, 1.54) is 55.5 Å². The Hall–Kier alpha value is -2.06. The highest BCUT2D eigenvalue weighted by atomic mass is 16.5. The summed E-state index contributed by atoms with van der Waals surface area (Å²) in [7, 11) is 0. The Morgan fingerprint density at radius 3 is 2.52 bits per heavy atom. The van der Waals surface area contributed by atoms with Gasteiger partial charge in [-0.2, -0.15) is 0 Å². The zero-order chi connectivity index (χ0) is 19.9. The molecule has 0 radical (unpaired) electrons. The van der Waals surface area contributed by atoms with Gasteiger partial charge in [-0.25, -0.2) is 0 Å². The standard InChI is InChI=1S/C27H35NO/c1-2-3-19-29-26-13-11-25(12-14-26)27(24-7-5-4-6-8-24)16-18-28-17-15-22-9-10-23(20-22)21-28/h4-8,11-14,16,22-23H,2-3,9-10,15,17-21H2,1H3/b27-16-. The van der Waals surface area contributed by atoms with Gasteiger partial charge in [-0.3, -0.25) is 4.90 Å². The van der Waals surface area contributed by atoms with Crippen molar-refractivity contribution < 1.29 is 4.74 Å². The van der Waals surface area contributed by atoms with E-state index < -0.39 is 0 Å². The summed E-state index contributed by atoms with van der Waals surface area (Å²) in [4.78, 5) is 2.68. The zero-order valence-electron chi connectivity index (χ0n) is 17.9. The monoisotopic (exact) mass is 389 g/mol. The van der Waals surface area contributed by atoms with E-state index in [2.05, 4.69) is 72.5 Å². The summed E-state index contributed by atoms with van der Waals surface area (Å²) in [6, 6.07) is 19.5. The predicted octanol–water partition coefficient (Wildman–Crippen LogP) is 6.42. The molecule has 1 aliphatic heterocycles. The lowest BCUT2D eigenvalue weighted by Crippen LogP contribution is -2.29. The van der Waals surface area contributed by atoms with Crippen LogP contribution >= 0.6 is 0 Å². The Labute approximate surface area is 176 Å². The van der Waals surface area contributed by atoms with Gasteiger partial charge in [0.05, 0.1) is 6.61 Å². The number of fused-ring (bicyclic) bond motifs is 2. The number of unbranched alkanes of at least 4 members (excludes halogenated alkanes) is 1. The Morgan fingerprint density at radius 2 is 1.72 bits per heavy atom. The molecule has 1 saturated carbocycles. The second-order valence-electron chi connectivity index (χ2n) is 8.80. The van der Waals surface area contributed by atoms with Crippen molar-refractivity contribution in [2.45, 2.75) is 45.4 Å². The van der Waals surface area contributed by atoms with Crippen molar-refractivity contribution in [1.29, 1.82) is 0 Å². The number of rotatable bonds is 8. The molecule has 2 bridgehead atoms. The summed E-state index contributed by atoms with van der Waals surface area (Å²) in [6.07, 6.45) is 10.5. The van der Waals surface area contributed by atoms with E-state index in [-0.39, 0.29) is 0 Å². The topological polar surface area (TPSA) is 12.5 Å². The van der Waals surface area contributed by atoms with Crippen LogP contribution in [0.5, 0.6) is 5.75 Å². The number of hydrogen-bond donors (Lipinski definition) is 0. The minimum Gasteiger partial charge on any atom is -0.494 e. The first-order valence-electron chi connectivity index (χ1n) is 11.5. The largest absolute Gasteiger partial charge is 0.494 e. The molecule has 1 saturated heterocycles. The molecule has 2 heteroatoms. The average Bonchev–Trinajstić information content (AvgIpc) is 3.10. The van der Waals surface area contributed by atoms with Crippen molar-refractivity contribution in [3.63, 3.8) is 0 Å². The third-order valence-electron chi connectivity index (χ3n) is 6.59. The van der Waals surface area contributed by atoms with Gasteiger partial charge in [-0.1, -0.05) is 68.3 Å². The summed E-state index contributed by atoms with van der Waals surface area (Å²) < 4.78 is 5.86. The van der Waals surface area contributed by atoms with E-state index in [0.717, 1.165) is 43.6 Å². The van der Waals surface area contributed by atoms with Crippen LogP contribution in [-0.4, -0.2) is 31.1 Å². The van der Waals surface area contributed by atoms with Gasteiger partial charge in [-0.15, -0.1) is 0 Å². The van der Waals surface area contributed by atoms with E-state index in [1.54, 1.807) is 0 Å². The Kier molecular flexibility index (Phi) is 7.05. The lowest BCUT2D eigenvalue weighted by molar-refractivity contribution is 0.260. The summed E-state index contributed by atoms with van der Waals surface area (Å²) in [5.41, 5.74) is 3.90. The number of nitrogens with zero attached hydrogens (tertiary/aromatic N) is 1. The van der Waals surface area contributed by atoms with Crippen LogP contribution in [-0.2, 0) is 0 Å². The molecule has 154 valence electrons. The van der Waals surface area contributed by atoms with E-state index in [9.17, 15) is 0 Å². The number of hydrogen-bond acceptors (Lipinski definition) is 2. The van der Waals surface area contributed by atoms with Crippen LogP contribution < -0.4 is 4.74 Å². The molecule has 29 heavy (non-hydrogen) atoms. The molecule has 1 heterocycles. The van der Waals surface area contributed by atoms with Crippen molar-refractivity contribution in [2.24, 2.45) is 11.8 Å².